The lowest BCUT2D eigenvalue weighted by Crippen LogP contribution is -2.64. The number of fused-ring (bicyclic) bond motifs is 2. The summed E-state index contributed by atoms with van der Waals surface area (Å²) in [7, 11) is 0. The van der Waals surface area contributed by atoms with Crippen LogP contribution in [0.2, 0.25) is 0 Å². The Morgan fingerprint density at radius 2 is 1.90 bits per heavy atom. The van der Waals surface area contributed by atoms with Gasteiger partial charge in [-0.3, -0.25) is 14.8 Å². The molecule has 2 aromatic rings. The molecule has 29 heavy (non-hydrogen) atoms. The van der Waals surface area contributed by atoms with Crippen LogP contribution in [0.3, 0.4) is 0 Å². The monoisotopic (exact) mass is 394 g/mol. The summed E-state index contributed by atoms with van der Waals surface area (Å²) in [6.45, 7) is 6.26. The van der Waals surface area contributed by atoms with E-state index >= 15 is 0 Å². The van der Waals surface area contributed by atoms with Gasteiger partial charge >= 0.3 is 0 Å². The second-order valence-corrected chi connectivity index (χ2v) is 8.98. The van der Waals surface area contributed by atoms with Crippen LogP contribution in [0, 0.1) is 0 Å². The van der Waals surface area contributed by atoms with Crippen molar-refractivity contribution in [3.05, 3.63) is 52.3 Å². The molecule has 0 saturated carbocycles. The first-order valence-corrected chi connectivity index (χ1v) is 10.9. The fourth-order valence-corrected chi connectivity index (χ4v) is 5.51. The van der Waals surface area contributed by atoms with E-state index in [9.17, 15) is 4.79 Å². The number of benzene rings is 1. The van der Waals surface area contributed by atoms with E-state index in [1.165, 1.54) is 28.8 Å². The standard InChI is InChI=1S/C23H30N4O2/c1-15-13-27(14-16(2)29-15)23(10-17-6-3-4-7-18(17)11-23)22(28)24-12-21-19-8-5-9-20(19)25-26-21/h3-4,6-7,15-16H,5,8-14H2,1-2H3,(H,24,28)(H,25,26)/t15-,16+. The van der Waals surface area contributed by atoms with Gasteiger partial charge in [-0.05, 0) is 49.8 Å². The normalized spacial score (nSPS) is 25.6. The molecule has 1 amide bonds. The molecule has 0 bridgehead atoms. The number of carbonyl (C=O) groups is 1. The van der Waals surface area contributed by atoms with E-state index in [1.807, 2.05) is 0 Å². The van der Waals surface area contributed by atoms with Gasteiger partial charge in [0, 0.05) is 31.6 Å². The molecular weight excluding hydrogens is 364 g/mol. The number of nitrogens with one attached hydrogen (secondary N) is 2. The fourth-order valence-electron chi connectivity index (χ4n) is 5.51. The Morgan fingerprint density at radius 1 is 1.21 bits per heavy atom. The number of rotatable bonds is 4. The van der Waals surface area contributed by atoms with Crippen molar-refractivity contribution in [2.75, 3.05) is 13.1 Å². The Morgan fingerprint density at radius 3 is 2.59 bits per heavy atom. The molecule has 5 rings (SSSR count). The average molecular weight is 395 g/mol. The zero-order valence-electron chi connectivity index (χ0n) is 17.3. The van der Waals surface area contributed by atoms with Crippen molar-refractivity contribution < 1.29 is 9.53 Å². The van der Waals surface area contributed by atoms with Gasteiger partial charge in [0.2, 0.25) is 5.91 Å². The molecule has 154 valence electrons. The quantitative estimate of drug-likeness (QED) is 0.834. The smallest absolute Gasteiger partial charge is 0.241 e. The SMILES string of the molecule is C[C@@H]1CN(C2(C(=O)NCc3n[nH]c4c3CCC4)Cc3ccccc3C2)C[C@H](C)O1. The fraction of sp³-hybridized carbons (Fsp3) is 0.565. The molecule has 1 fully saturated rings. The maximum Gasteiger partial charge on any atom is 0.241 e. The second kappa shape index (κ2) is 7.26. The molecule has 1 aliphatic heterocycles. The predicted octanol–water partition coefficient (Wildman–Crippen LogP) is 2.16. The largest absolute Gasteiger partial charge is 0.373 e. The molecule has 2 aliphatic carbocycles. The highest BCUT2D eigenvalue weighted by Gasteiger charge is 2.50. The van der Waals surface area contributed by atoms with E-state index in [0.717, 1.165) is 44.5 Å². The summed E-state index contributed by atoms with van der Waals surface area (Å²) < 4.78 is 5.96. The topological polar surface area (TPSA) is 70.2 Å². The Balaban J connectivity index is 1.40. The van der Waals surface area contributed by atoms with E-state index in [-0.39, 0.29) is 18.1 Å². The highest BCUT2D eigenvalue weighted by Crippen LogP contribution is 2.37. The summed E-state index contributed by atoms with van der Waals surface area (Å²) in [4.78, 5) is 16.1. The van der Waals surface area contributed by atoms with Gasteiger partial charge in [-0.2, -0.15) is 5.10 Å². The van der Waals surface area contributed by atoms with Crippen LogP contribution < -0.4 is 5.32 Å². The van der Waals surface area contributed by atoms with E-state index in [0.29, 0.717) is 6.54 Å². The van der Waals surface area contributed by atoms with Crippen LogP contribution in [-0.4, -0.2) is 51.8 Å². The summed E-state index contributed by atoms with van der Waals surface area (Å²) in [5.41, 5.74) is 5.58. The molecule has 0 spiro atoms. The van der Waals surface area contributed by atoms with Crippen LogP contribution in [-0.2, 0) is 41.8 Å². The van der Waals surface area contributed by atoms with Crippen LogP contribution in [0.5, 0.6) is 0 Å². The molecule has 0 radical (unpaired) electrons. The Kier molecular flexibility index (Phi) is 4.71. The summed E-state index contributed by atoms with van der Waals surface area (Å²) in [6.07, 6.45) is 5.07. The molecule has 1 aromatic carbocycles. The third-order valence-corrected chi connectivity index (χ3v) is 6.84. The lowest BCUT2D eigenvalue weighted by molar-refractivity contribution is -0.144. The van der Waals surface area contributed by atoms with Crippen molar-refractivity contribution in [2.24, 2.45) is 0 Å². The van der Waals surface area contributed by atoms with Crippen molar-refractivity contribution in [3.63, 3.8) is 0 Å². The summed E-state index contributed by atoms with van der Waals surface area (Å²) >= 11 is 0. The Hall–Kier alpha value is -2.18. The minimum atomic E-state index is -0.546. The number of aryl methyl sites for hydroxylation is 1. The van der Waals surface area contributed by atoms with Crippen molar-refractivity contribution >= 4 is 5.91 Å². The first-order valence-electron chi connectivity index (χ1n) is 10.9. The molecule has 6 heteroatoms. The van der Waals surface area contributed by atoms with E-state index in [2.05, 4.69) is 58.5 Å². The molecule has 3 aliphatic rings. The number of aromatic amines is 1. The molecule has 2 heterocycles. The number of amides is 1. The third kappa shape index (κ3) is 3.28. The summed E-state index contributed by atoms with van der Waals surface area (Å²) in [6, 6.07) is 8.48. The molecule has 2 atom stereocenters. The highest BCUT2D eigenvalue weighted by molar-refractivity contribution is 5.88. The molecule has 0 unspecified atom stereocenters. The van der Waals surface area contributed by atoms with Crippen LogP contribution >= 0.6 is 0 Å². The predicted molar refractivity (Wildman–Crippen MR) is 111 cm³/mol. The number of hydrogen-bond acceptors (Lipinski definition) is 4. The summed E-state index contributed by atoms with van der Waals surface area (Å²) in [5, 5.41) is 10.9. The first kappa shape index (κ1) is 18.8. The van der Waals surface area contributed by atoms with Crippen LogP contribution in [0.25, 0.3) is 0 Å². The molecule has 2 N–H and O–H groups in total. The number of nitrogens with zero attached hydrogens (tertiary/aromatic N) is 2. The van der Waals surface area contributed by atoms with Gasteiger partial charge in [-0.15, -0.1) is 0 Å². The average Bonchev–Trinajstić information content (AvgIpc) is 3.40. The minimum absolute atomic E-state index is 0.116. The van der Waals surface area contributed by atoms with Gasteiger partial charge < -0.3 is 10.1 Å². The number of morpholine rings is 1. The second-order valence-electron chi connectivity index (χ2n) is 8.98. The zero-order valence-corrected chi connectivity index (χ0v) is 17.3. The Bertz CT molecular complexity index is 886. The van der Waals surface area contributed by atoms with Crippen LogP contribution in [0.4, 0.5) is 0 Å². The van der Waals surface area contributed by atoms with Crippen LogP contribution in [0.1, 0.15) is 48.3 Å². The lowest BCUT2D eigenvalue weighted by atomic mass is 9.90. The first-order chi connectivity index (χ1) is 14.0. The maximum atomic E-state index is 13.7. The van der Waals surface area contributed by atoms with Crippen molar-refractivity contribution in [3.8, 4) is 0 Å². The lowest BCUT2D eigenvalue weighted by Gasteiger charge is -2.45. The summed E-state index contributed by atoms with van der Waals surface area (Å²) in [5.74, 6) is 0.116. The van der Waals surface area contributed by atoms with E-state index < -0.39 is 5.54 Å². The van der Waals surface area contributed by atoms with E-state index in [4.69, 9.17) is 4.74 Å². The molecule has 1 aromatic heterocycles. The van der Waals surface area contributed by atoms with E-state index in [1.54, 1.807) is 0 Å². The number of carbonyl (C=O) groups excluding carboxylic acids is 1. The Labute approximate surface area is 172 Å². The van der Waals surface area contributed by atoms with Crippen molar-refractivity contribution in [1.82, 2.24) is 20.4 Å². The number of aromatic nitrogens is 2. The maximum absolute atomic E-state index is 13.7. The molecular formula is C23H30N4O2. The molecule has 6 nitrogen and oxygen atoms in total. The van der Waals surface area contributed by atoms with Crippen LogP contribution in [0.15, 0.2) is 24.3 Å². The third-order valence-electron chi connectivity index (χ3n) is 6.84. The van der Waals surface area contributed by atoms with Gasteiger partial charge in [0.1, 0.15) is 5.54 Å². The number of ether oxygens (including phenoxy) is 1. The highest BCUT2D eigenvalue weighted by atomic mass is 16.5. The molecule has 1 saturated heterocycles. The van der Waals surface area contributed by atoms with Crippen molar-refractivity contribution in [1.29, 1.82) is 0 Å². The van der Waals surface area contributed by atoms with Gasteiger partial charge in [-0.25, -0.2) is 0 Å². The zero-order chi connectivity index (χ0) is 20.0. The minimum Gasteiger partial charge on any atom is -0.373 e. The van der Waals surface area contributed by atoms with Gasteiger partial charge in [-0.1, -0.05) is 24.3 Å². The number of H-pyrrole nitrogens is 1. The number of hydrogen-bond donors (Lipinski definition) is 2. The van der Waals surface area contributed by atoms with Gasteiger partial charge in [0.15, 0.2) is 0 Å². The van der Waals surface area contributed by atoms with Gasteiger partial charge in [0.05, 0.1) is 24.4 Å². The van der Waals surface area contributed by atoms with Crippen molar-refractivity contribution in [2.45, 2.75) is 70.2 Å². The van der Waals surface area contributed by atoms with Gasteiger partial charge in [0.25, 0.3) is 0 Å².